The molecule has 242 valence electrons. The molecule has 0 N–H and O–H groups in total. The molecule has 11 heteroatoms. The number of carbonyl (C=O) groups is 1. The van der Waals surface area contributed by atoms with E-state index in [0.29, 0.717) is 50.0 Å². The number of rotatable bonds is 9. The predicted octanol–water partition coefficient (Wildman–Crippen LogP) is 5.48. The summed E-state index contributed by atoms with van der Waals surface area (Å²) in [5.41, 5.74) is 3.09. The molecule has 4 aromatic rings. The standard InChI is InChI=1S/C36H36N4O6S/c1-4-45-28-14-11-25(12-15-28)33-31(35(42)46-5-2)32(24-9-7-6-8-10-24)37-36-39(33)34(41)30(47-36)22-26-21-27(40(43)44)13-16-29(26)38-19-17-23(3)18-20-38/h6-16,21-23,33H,4-5,17-20H2,1-3H3/b30-22-/t33-/m1/s1. The van der Waals surface area contributed by atoms with Gasteiger partial charge >= 0.3 is 5.97 Å². The molecule has 1 saturated heterocycles. The molecule has 0 radical (unpaired) electrons. The van der Waals surface area contributed by atoms with Crippen LogP contribution in [0.15, 0.2) is 88.2 Å². The highest BCUT2D eigenvalue weighted by Gasteiger charge is 2.35. The van der Waals surface area contributed by atoms with Gasteiger partial charge in [0.15, 0.2) is 4.80 Å². The number of esters is 1. The van der Waals surface area contributed by atoms with Crippen molar-refractivity contribution < 1.29 is 19.2 Å². The van der Waals surface area contributed by atoms with Gasteiger partial charge in [0.1, 0.15) is 5.75 Å². The van der Waals surface area contributed by atoms with Crippen LogP contribution in [0.5, 0.6) is 5.75 Å². The molecule has 6 rings (SSSR count). The summed E-state index contributed by atoms with van der Waals surface area (Å²) >= 11 is 1.19. The maximum absolute atomic E-state index is 14.4. The first-order chi connectivity index (χ1) is 22.8. The number of non-ortho nitro benzene ring substituents is 1. The Morgan fingerprint density at radius 3 is 2.43 bits per heavy atom. The largest absolute Gasteiger partial charge is 0.494 e. The van der Waals surface area contributed by atoms with Gasteiger partial charge in [0.25, 0.3) is 11.2 Å². The van der Waals surface area contributed by atoms with Crippen LogP contribution in [-0.2, 0) is 9.53 Å². The number of nitrogens with zero attached hydrogens (tertiary/aromatic N) is 4. The molecular weight excluding hydrogens is 616 g/mol. The number of aromatic nitrogens is 1. The summed E-state index contributed by atoms with van der Waals surface area (Å²) < 4.78 is 13.1. The van der Waals surface area contributed by atoms with Crippen LogP contribution in [0.1, 0.15) is 56.3 Å². The van der Waals surface area contributed by atoms with Gasteiger partial charge in [0, 0.05) is 42.0 Å². The smallest absolute Gasteiger partial charge is 0.338 e. The quantitative estimate of drug-likeness (QED) is 0.134. The molecule has 1 atom stereocenters. The summed E-state index contributed by atoms with van der Waals surface area (Å²) in [4.78, 5) is 47.1. The average molecular weight is 653 g/mol. The molecule has 0 spiro atoms. The summed E-state index contributed by atoms with van der Waals surface area (Å²) in [5, 5.41) is 11.8. The first kappa shape index (κ1) is 31.9. The van der Waals surface area contributed by atoms with Gasteiger partial charge in [-0.2, -0.15) is 0 Å². The Kier molecular flexibility index (Phi) is 9.35. The number of hydrogen-bond donors (Lipinski definition) is 0. The zero-order valence-electron chi connectivity index (χ0n) is 26.5. The number of fused-ring (bicyclic) bond motifs is 1. The Balaban J connectivity index is 1.59. The van der Waals surface area contributed by atoms with Crippen molar-refractivity contribution in [3.8, 4) is 5.75 Å². The second kappa shape index (κ2) is 13.8. The van der Waals surface area contributed by atoms with E-state index in [-0.39, 0.29) is 23.4 Å². The van der Waals surface area contributed by atoms with Crippen molar-refractivity contribution in [3.05, 3.63) is 125 Å². The monoisotopic (exact) mass is 652 g/mol. The fourth-order valence-electron chi connectivity index (χ4n) is 6.12. The minimum Gasteiger partial charge on any atom is -0.494 e. The average Bonchev–Trinajstić information content (AvgIpc) is 3.39. The molecule has 0 aliphatic carbocycles. The van der Waals surface area contributed by atoms with E-state index in [2.05, 4.69) is 11.8 Å². The van der Waals surface area contributed by atoms with E-state index in [1.54, 1.807) is 19.1 Å². The lowest BCUT2D eigenvalue weighted by Gasteiger charge is -2.33. The van der Waals surface area contributed by atoms with E-state index in [0.717, 1.165) is 31.6 Å². The Morgan fingerprint density at radius 2 is 1.77 bits per heavy atom. The molecule has 3 heterocycles. The molecule has 47 heavy (non-hydrogen) atoms. The van der Waals surface area contributed by atoms with E-state index in [4.69, 9.17) is 14.5 Å². The molecule has 2 aliphatic heterocycles. The second-order valence-electron chi connectivity index (χ2n) is 11.6. The van der Waals surface area contributed by atoms with Gasteiger partial charge in [0.2, 0.25) is 0 Å². The summed E-state index contributed by atoms with van der Waals surface area (Å²) in [6.45, 7) is 8.15. The van der Waals surface area contributed by atoms with Crippen molar-refractivity contribution in [1.29, 1.82) is 0 Å². The molecule has 10 nitrogen and oxygen atoms in total. The highest BCUT2D eigenvalue weighted by atomic mass is 32.1. The number of hydrogen-bond acceptors (Lipinski definition) is 9. The third-order valence-corrected chi connectivity index (χ3v) is 9.50. The van der Waals surface area contributed by atoms with Crippen LogP contribution in [0.3, 0.4) is 0 Å². The van der Waals surface area contributed by atoms with Crippen molar-refractivity contribution in [2.75, 3.05) is 31.2 Å². The summed E-state index contributed by atoms with van der Waals surface area (Å²) in [6, 6.07) is 20.6. The van der Waals surface area contributed by atoms with Gasteiger partial charge in [0.05, 0.1) is 40.0 Å². The van der Waals surface area contributed by atoms with E-state index >= 15 is 0 Å². The fourth-order valence-corrected chi connectivity index (χ4v) is 7.11. The van der Waals surface area contributed by atoms with Crippen LogP contribution in [0, 0.1) is 16.0 Å². The van der Waals surface area contributed by atoms with E-state index in [9.17, 15) is 19.7 Å². The zero-order valence-corrected chi connectivity index (χ0v) is 27.4. The van der Waals surface area contributed by atoms with E-state index in [1.807, 2.05) is 61.5 Å². The zero-order chi connectivity index (χ0) is 33.1. The van der Waals surface area contributed by atoms with Gasteiger partial charge in [-0.15, -0.1) is 0 Å². The van der Waals surface area contributed by atoms with Crippen molar-refractivity contribution in [1.82, 2.24) is 4.57 Å². The number of nitro groups is 1. The van der Waals surface area contributed by atoms with Crippen molar-refractivity contribution in [3.63, 3.8) is 0 Å². The Hall–Kier alpha value is -5.03. The molecule has 3 aromatic carbocycles. The van der Waals surface area contributed by atoms with Crippen LogP contribution in [0.25, 0.3) is 11.8 Å². The molecule has 1 aromatic heterocycles. The number of nitro benzene ring substituents is 1. The highest BCUT2D eigenvalue weighted by molar-refractivity contribution is 7.07. The number of anilines is 1. The van der Waals surface area contributed by atoms with Crippen LogP contribution < -0.4 is 24.5 Å². The maximum Gasteiger partial charge on any atom is 0.338 e. The number of thiazole rings is 1. The number of carbonyl (C=O) groups excluding carboxylic acids is 1. The van der Waals surface area contributed by atoms with Crippen molar-refractivity contribution >= 4 is 40.5 Å². The lowest BCUT2D eigenvalue weighted by molar-refractivity contribution is -0.384. The summed E-state index contributed by atoms with van der Waals surface area (Å²) in [5.74, 6) is 0.703. The summed E-state index contributed by atoms with van der Waals surface area (Å²) in [6.07, 6.45) is 3.74. The van der Waals surface area contributed by atoms with Crippen LogP contribution in [0.4, 0.5) is 11.4 Å². The maximum atomic E-state index is 14.4. The van der Waals surface area contributed by atoms with Crippen molar-refractivity contribution in [2.24, 2.45) is 10.9 Å². The third kappa shape index (κ3) is 6.48. The van der Waals surface area contributed by atoms with Gasteiger partial charge in [-0.25, -0.2) is 9.79 Å². The Morgan fingerprint density at radius 1 is 1.04 bits per heavy atom. The van der Waals surface area contributed by atoms with Gasteiger partial charge in [-0.05, 0) is 62.4 Å². The molecule has 0 saturated carbocycles. The second-order valence-corrected chi connectivity index (χ2v) is 12.6. The van der Waals surface area contributed by atoms with Gasteiger partial charge < -0.3 is 14.4 Å². The van der Waals surface area contributed by atoms with Crippen LogP contribution >= 0.6 is 11.3 Å². The lowest BCUT2D eigenvalue weighted by Crippen LogP contribution is -2.40. The number of benzene rings is 3. The Labute approximate surface area is 276 Å². The summed E-state index contributed by atoms with van der Waals surface area (Å²) in [7, 11) is 0. The molecule has 1 fully saturated rings. The first-order valence-electron chi connectivity index (χ1n) is 15.8. The lowest BCUT2D eigenvalue weighted by atomic mass is 9.93. The van der Waals surface area contributed by atoms with Gasteiger partial charge in [-0.1, -0.05) is 60.7 Å². The highest BCUT2D eigenvalue weighted by Crippen LogP contribution is 2.36. The molecular formula is C36H36N4O6S. The predicted molar refractivity (Wildman–Crippen MR) is 182 cm³/mol. The Bertz CT molecular complexity index is 2010. The van der Waals surface area contributed by atoms with E-state index in [1.165, 1.54) is 28.0 Å². The molecule has 0 amide bonds. The molecule has 0 bridgehead atoms. The molecule has 0 unspecified atom stereocenters. The number of ether oxygens (including phenoxy) is 2. The first-order valence-corrected chi connectivity index (χ1v) is 16.6. The van der Waals surface area contributed by atoms with Crippen LogP contribution in [0.2, 0.25) is 0 Å². The third-order valence-electron chi connectivity index (χ3n) is 8.51. The minimum atomic E-state index is -0.841. The van der Waals surface area contributed by atoms with Gasteiger partial charge in [-0.3, -0.25) is 19.5 Å². The topological polar surface area (TPSA) is 116 Å². The minimum absolute atomic E-state index is 0.0543. The SMILES string of the molecule is CCOC(=O)C1=C(c2ccccc2)N=c2s/c(=C\c3cc([N+](=O)[O-])ccc3N3CCC(C)CC3)c(=O)n2[C@@H]1c1ccc(OCC)cc1. The normalized spacial score (nSPS) is 16.9. The van der Waals surface area contributed by atoms with E-state index < -0.39 is 16.9 Å². The van der Waals surface area contributed by atoms with Crippen LogP contribution in [-0.4, -0.2) is 41.8 Å². The number of piperidine rings is 1. The van der Waals surface area contributed by atoms with Crippen molar-refractivity contribution in [2.45, 2.75) is 39.7 Å². The fraction of sp³-hybridized carbons (Fsp3) is 0.306. The molecule has 2 aliphatic rings.